The number of nitrogens with one attached hydrogen (secondary N) is 1. The van der Waals surface area contributed by atoms with Crippen molar-refractivity contribution >= 4 is 11.6 Å². The van der Waals surface area contributed by atoms with Crippen LogP contribution in [0.3, 0.4) is 0 Å². The molecule has 1 aromatic heterocycles. The molecule has 1 aliphatic heterocycles. The standard InChI is InChI=1S/C15H27N5O/c1-9-12(19-16)17-14(15(3,4)5)18-13(9)20-7-6-11(8-20)10(2)21/h10-11,21H,6-8,16H2,1-5H3,(H,17,18,19). The van der Waals surface area contributed by atoms with E-state index < -0.39 is 0 Å². The van der Waals surface area contributed by atoms with Gasteiger partial charge in [-0.05, 0) is 20.3 Å². The Morgan fingerprint density at radius 1 is 1.38 bits per heavy atom. The highest BCUT2D eigenvalue weighted by Gasteiger charge is 2.30. The van der Waals surface area contributed by atoms with Crippen molar-refractivity contribution in [3.05, 3.63) is 11.4 Å². The summed E-state index contributed by atoms with van der Waals surface area (Å²) in [6, 6.07) is 0. The first-order chi connectivity index (χ1) is 9.74. The lowest BCUT2D eigenvalue weighted by molar-refractivity contribution is 0.136. The molecule has 21 heavy (non-hydrogen) atoms. The molecule has 1 aromatic rings. The maximum Gasteiger partial charge on any atom is 0.148 e. The summed E-state index contributed by atoms with van der Waals surface area (Å²) in [6.07, 6.45) is 0.698. The summed E-state index contributed by atoms with van der Waals surface area (Å²) in [7, 11) is 0. The molecule has 118 valence electrons. The molecule has 0 saturated carbocycles. The molecule has 4 N–H and O–H groups in total. The van der Waals surface area contributed by atoms with Crippen molar-refractivity contribution in [2.45, 2.75) is 52.6 Å². The van der Waals surface area contributed by atoms with Crippen molar-refractivity contribution in [1.29, 1.82) is 0 Å². The topological polar surface area (TPSA) is 87.3 Å². The van der Waals surface area contributed by atoms with Crippen molar-refractivity contribution in [2.24, 2.45) is 11.8 Å². The first-order valence-corrected chi connectivity index (χ1v) is 7.52. The number of aromatic nitrogens is 2. The Balaban J connectivity index is 2.39. The first-order valence-electron chi connectivity index (χ1n) is 7.52. The number of anilines is 2. The minimum atomic E-state index is -0.286. The fourth-order valence-electron chi connectivity index (χ4n) is 2.66. The van der Waals surface area contributed by atoms with Crippen LogP contribution in [0.25, 0.3) is 0 Å². The molecule has 0 radical (unpaired) electrons. The van der Waals surface area contributed by atoms with Gasteiger partial charge in [-0.15, -0.1) is 0 Å². The lowest BCUT2D eigenvalue weighted by Crippen LogP contribution is -2.28. The zero-order valence-corrected chi connectivity index (χ0v) is 13.6. The zero-order chi connectivity index (χ0) is 15.8. The highest BCUT2D eigenvalue weighted by molar-refractivity contribution is 5.59. The third-order valence-corrected chi connectivity index (χ3v) is 4.13. The molecule has 0 aromatic carbocycles. The molecular formula is C15H27N5O. The molecule has 2 heterocycles. The maximum atomic E-state index is 9.78. The molecule has 2 rings (SSSR count). The van der Waals surface area contributed by atoms with Gasteiger partial charge < -0.3 is 15.4 Å². The van der Waals surface area contributed by atoms with Crippen molar-refractivity contribution in [1.82, 2.24) is 9.97 Å². The third kappa shape index (κ3) is 3.27. The zero-order valence-electron chi connectivity index (χ0n) is 13.6. The number of hydrazine groups is 1. The summed E-state index contributed by atoms with van der Waals surface area (Å²) in [5, 5.41) is 9.78. The average molecular weight is 293 g/mol. The number of hydrogen-bond donors (Lipinski definition) is 3. The second-order valence-electron chi connectivity index (χ2n) is 6.97. The highest BCUT2D eigenvalue weighted by atomic mass is 16.3. The summed E-state index contributed by atoms with van der Waals surface area (Å²) in [6.45, 7) is 11.8. The molecule has 0 amide bonds. The van der Waals surface area contributed by atoms with Gasteiger partial charge in [0.1, 0.15) is 17.5 Å². The molecule has 0 aliphatic carbocycles. The second kappa shape index (κ2) is 5.77. The van der Waals surface area contributed by atoms with Crippen LogP contribution in [0.5, 0.6) is 0 Å². The van der Waals surface area contributed by atoms with Crippen LogP contribution in [0.4, 0.5) is 11.6 Å². The van der Waals surface area contributed by atoms with Gasteiger partial charge in [-0.25, -0.2) is 15.8 Å². The van der Waals surface area contributed by atoms with Gasteiger partial charge in [-0.3, -0.25) is 0 Å². The van der Waals surface area contributed by atoms with Gasteiger partial charge in [0.25, 0.3) is 0 Å². The Kier molecular flexibility index (Phi) is 4.39. The number of rotatable bonds is 3. The van der Waals surface area contributed by atoms with E-state index in [9.17, 15) is 5.11 Å². The summed E-state index contributed by atoms with van der Waals surface area (Å²) in [5.74, 6) is 8.27. The van der Waals surface area contributed by atoms with Crippen LogP contribution >= 0.6 is 0 Å². The quantitative estimate of drug-likeness (QED) is 0.579. The Bertz CT molecular complexity index is 510. The van der Waals surface area contributed by atoms with Gasteiger partial charge in [-0.2, -0.15) is 0 Å². The fourth-order valence-corrected chi connectivity index (χ4v) is 2.66. The van der Waals surface area contributed by atoms with E-state index in [0.29, 0.717) is 11.7 Å². The summed E-state index contributed by atoms with van der Waals surface area (Å²) in [4.78, 5) is 11.5. The number of nitrogens with zero attached hydrogens (tertiary/aromatic N) is 3. The van der Waals surface area contributed by atoms with Crippen LogP contribution in [0, 0.1) is 12.8 Å². The number of aliphatic hydroxyl groups excluding tert-OH is 1. The Morgan fingerprint density at radius 2 is 2.05 bits per heavy atom. The minimum Gasteiger partial charge on any atom is -0.393 e. The van der Waals surface area contributed by atoms with E-state index in [4.69, 9.17) is 10.8 Å². The van der Waals surface area contributed by atoms with Crippen molar-refractivity contribution < 1.29 is 5.11 Å². The summed E-state index contributed by atoms with van der Waals surface area (Å²) in [5.41, 5.74) is 3.49. The fraction of sp³-hybridized carbons (Fsp3) is 0.733. The summed E-state index contributed by atoms with van der Waals surface area (Å²) >= 11 is 0. The Labute approximate surface area is 126 Å². The Morgan fingerprint density at radius 3 is 2.52 bits per heavy atom. The minimum absolute atomic E-state index is 0.141. The van der Waals surface area contributed by atoms with Crippen molar-refractivity contribution in [3.8, 4) is 0 Å². The summed E-state index contributed by atoms with van der Waals surface area (Å²) < 4.78 is 0. The van der Waals surface area contributed by atoms with Crippen LogP contribution in [-0.2, 0) is 5.41 Å². The smallest absolute Gasteiger partial charge is 0.148 e. The lowest BCUT2D eigenvalue weighted by Gasteiger charge is -2.25. The van der Waals surface area contributed by atoms with E-state index >= 15 is 0 Å². The number of nitrogens with two attached hydrogens (primary N) is 1. The normalized spacial score (nSPS) is 20.7. The third-order valence-electron chi connectivity index (χ3n) is 4.13. The highest BCUT2D eigenvalue weighted by Crippen LogP contribution is 2.31. The van der Waals surface area contributed by atoms with E-state index in [1.165, 1.54) is 0 Å². The largest absolute Gasteiger partial charge is 0.393 e. The number of hydrogen-bond acceptors (Lipinski definition) is 6. The molecule has 1 saturated heterocycles. The molecule has 0 spiro atoms. The van der Waals surface area contributed by atoms with Gasteiger partial charge >= 0.3 is 0 Å². The Hall–Kier alpha value is -1.40. The van der Waals surface area contributed by atoms with Gasteiger partial charge in [0.05, 0.1) is 6.10 Å². The van der Waals surface area contributed by atoms with Crippen molar-refractivity contribution in [2.75, 3.05) is 23.4 Å². The average Bonchev–Trinajstić information content (AvgIpc) is 2.87. The van der Waals surface area contributed by atoms with Crippen LogP contribution in [-0.4, -0.2) is 34.3 Å². The molecule has 1 fully saturated rings. The first kappa shape index (κ1) is 16.0. The monoisotopic (exact) mass is 293 g/mol. The van der Waals surface area contributed by atoms with Gasteiger partial charge in [0, 0.05) is 30.0 Å². The van der Waals surface area contributed by atoms with Crippen LogP contribution in [0.1, 0.15) is 45.5 Å². The molecule has 6 nitrogen and oxygen atoms in total. The second-order valence-corrected chi connectivity index (χ2v) is 6.97. The predicted molar refractivity (Wildman–Crippen MR) is 85.3 cm³/mol. The van der Waals surface area contributed by atoms with E-state index in [-0.39, 0.29) is 11.5 Å². The van der Waals surface area contributed by atoms with E-state index in [2.05, 4.69) is 36.1 Å². The van der Waals surface area contributed by atoms with Gasteiger partial charge in [0.2, 0.25) is 0 Å². The van der Waals surface area contributed by atoms with Gasteiger partial charge in [-0.1, -0.05) is 20.8 Å². The van der Waals surface area contributed by atoms with E-state index in [1.54, 1.807) is 0 Å². The van der Waals surface area contributed by atoms with Crippen LogP contribution < -0.4 is 16.2 Å². The molecular weight excluding hydrogens is 266 g/mol. The van der Waals surface area contributed by atoms with E-state index in [1.807, 2.05) is 13.8 Å². The van der Waals surface area contributed by atoms with Crippen LogP contribution in [0.15, 0.2) is 0 Å². The van der Waals surface area contributed by atoms with E-state index in [0.717, 1.165) is 36.7 Å². The molecule has 1 aliphatic rings. The SMILES string of the molecule is Cc1c(NN)nc(C(C)(C)C)nc1N1CCC(C(C)O)C1. The maximum absolute atomic E-state index is 9.78. The van der Waals surface area contributed by atoms with Crippen LogP contribution in [0.2, 0.25) is 0 Å². The molecule has 0 bridgehead atoms. The molecule has 2 unspecified atom stereocenters. The number of nitrogen functional groups attached to an aromatic ring is 1. The number of aliphatic hydroxyl groups is 1. The van der Waals surface area contributed by atoms with Crippen molar-refractivity contribution in [3.63, 3.8) is 0 Å². The predicted octanol–water partition coefficient (Wildman–Crippen LogP) is 1.58. The molecule has 6 heteroatoms. The lowest BCUT2D eigenvalue weighted by atomic mass is 9.95. The van der Waals surface area contributed by atoms with Gasteiger partial charge in [0.15, 0.2) is 0 Å². The molecule has 2 atom stereocenters.